The zero-order chi connectivity index (χ0) is 5.82. The molecule has 3 heteroatoms. The van der Waals surface area contributed by atoms with Crippen molar-refractivity contribution in [1.29, 1.82) is 0 Å². The summed E-state index contributed by atoms with van der Waals surface area (Å²) in [4.78, 5) is 0. The second kappa shape index (κ2) is 9.65. The molecule has 0 aliphatic heterocycles. The van der Waals surface area contributed by atoms with Crippen LogP contribution in [0, 0.1) is 0 Å². The predicted molar refractivity (Wildman–Crippen MR) is 46.2 cm³/mol. The molecule has 0 unspecified atom stereocenters. The molecule has 11 heavy (non-hydrogen) atoms. The smallest absolute Gasteiger partial charge is 0.870 e. The minimum absolute atomic E-state index is 0. The Morgan fingerprint density at radius 2 is 1.45 bits per heavy atom. The topological polar surface area (TPSA) is 60.0 Å². The first-order valence-electron chi connectivity index (χ1n) is 2.61. The van der Waals surface area contributed by atoms with Crippen LogP contribution in [0.15, 0.2) is 36.9 Å². The second-order valence-electron chi connectivity index (χ2n) is 1.61. The summed E-state index contributed by atoms with van der Waals surface area (Å²) in [6.45, 7) is 3.63. The molecule has 0 aliphatic carbocycles. The number of hydrogen-bond donors (Lipinski definition) is 0. The van der Waals surface area contributed by atoms with Gasteiger partial charge < -0.3 is 11.0 Å². The molecule has 2 nitrogen and oxygen atoms in total. The largest absolute Gasteiger partial charge is 2.00 e. The van der Waals surface area contributed by atoms with Crippen molar-refractivity contribution in [3.63, 3.8) is 0 Å². The van der Waals surface area contributed by atoms with E-state index in [-0.39, 0.29) is 34.0 Å². The van der Waals surface area contributed by atoms with Gasteiger partial charge in [0.25, 0.3) is 0 Å². The molecule has 0 bridgehead atoms. The summed E-state index contributed by atoms with van der Waals surface area (Å²) in [5, 5.41) is 0. The molecule has 0 atom stereocenters. The summed E-state index contributed by atoms with van der Waals surface area (Å²) in [6, 6.07) is 10.0. The summed E-state index contributed by atoms with van der Waals surface area (Å²) < 4.78 is 0. The van der Waals surface area contributed by atoms with Crippen molar-refractivity contribution in [3.8, 4) is 0 Å². The van der Waals surface area contributed by atoms with E-state index in [4.69, 9.17) is 0 Å². The van der Waals surface area contributed by atoms with Crippen LogP contribution in [-0.4, -0.2) is 34.0 Å². The van der Waals surface area contributed by atoms with E-state index in [0.717, 1.165) is 0 Å². The van der Waals surface area contributed by atoms with Crippen LogP contribution in [0.25, 0.3) is 6.08 Å². The first-order chi connectivity index (χ1) is 3.93. The average molecular weight is 162 g/mol. The van der Waals surface area contributed by atoms with Crippen molar-refractivity contribution < 1.29 is 11.0 Å². The normalized spacial score (nSPS) is 6.18. The van der Waals surface area contributed by atoms with Crippen LogP contribution >= 0.6 is 0 Å². The van der Waals surface area contributed by atoms with Crippen molar-refractivity contribution >= 4 is 29.1 Å². The van der Waals surface area contributed by atoms with E-state index >= 15 is 0 Å². The van der Waals surface area contributed by atoms with E-state index in [2.05, 4.69) is 6.58 Å². The van der Waals surface area contributed by atoms with Crippen LogP contribution < -0.4 is 0 Å². The summed E-state index contributed by atoms with van der Waals surface area (Å²) in [6.07, 6.45) is 1.83. The zero-order valence-electron chi connectivity index (χ0n) is 6.27. The third kappa shape index (κ3) is 6.06. The molecule has 0 fully saturated rings. The number of hydrogen-bond acceptors (Lipinski definition) is 2. The maximum atomic E-state index is 3.63. The predicted octanol–water partition coefficient (Wildman–Crippen LogP) is 1.60. The molecule has 0 radical (unpaired) electrons. The Hall–Kier alpha value is -0.354. The van der Waals surface area contributed by atoms with E-state index in [0.29, 0.717) is 0 Å². The standard InChI is InChI=1S/C8H8.Mg.2H2O/c1-2-8-6-4-3-5-7-8;;;/h2-7H,1H2;;2*1H2/q;+2;;/p-2. The Morgan fingerprint density at radius 1 is 1.00 bits per heavy atom. The first-order valence-corrected chi connectivity index (χ1v) is 2.61. The minimum atomic E-state index is 0. The van der Waals surface area contributed by atoms with Gasteiger partial charge in [0, 0.05) is 0 Å². The number of benzene rings is 1. The van der Waals surface area contributed by atoms with Gasteiger partial charge in [-0.3, -0.25) is 0 Å². The molecule has 56 valence electrons. The van der Waals surface area contributed by atoms with Crippen molar-refractivity contribution in [2.45, 2.75) is 0 Å². The van der Waals surface area contributed by atoms with E-state index in [1.807, 2.05) is 36.4 Å². The van der Waals surface area contributed by atoms with Gasteiger partial charge in [-0.25, -0.2) is 0 Å². The summed E-state index contributed by atoms with van der Waals surface area (Å²) in [5.41, 5.74) is 1.17. The van der Waals surface area contributed by atoms with Gasteiger partial charge in [-0.2, -0.15) is 0 Å². The van der Waals surface area contributed by atoms with Crippen LogP contribution in [0.4, 0.5) is 0 Å². The quantitative estimate of drug-likeness (QED) is 0.589. The van der Waals surface area contributed by atoms with Gasteiger partial charge in [0.05, 0.1) is 0 Å². The SMILES string of the molecule is C=Cc1ccccc1.[Mg+2].[OH-].[OH-]. The molecular weight excluding hydrogens is 152 g/mol. The van der Waals surface area contributed by atoms with Crippen molar-refractivity contribution in [2.24, 2.45) is 0 Å². The fourth-order valence-corrected chi connectivity index (χ4v) is 0.589. The van der Waals surface area contributed by atoms with Crippen molar-refractivity contribution in [1.82, 2.24) is 0 Å². The molecule has 0 aliphatic rings. The molecule has 0 saturated carbocycles. The van der Waals surface area contributed by atoms with Crippen molar-refractivity contribution in [3.05, 3.63) is 42.5 Å². The molecule has 0 heterocycles. The molecule has 1 rings (SSSR count). The van der Waals surface area contributed by atoms with E-state index < -0.39 is 0 Å². The second-order valence-corrected chi connectivity index (χ2v) is 1.61. The Morgan fingerprint density at radius 3 is 1.73 bits per heavy atom. The fourth-order valence-electron chi connectivity index (χ4n) is 0.589. The van der Waals surface area contributed by atoms with Gasteiger partial charge in [-0.1, -0.05) is 43.0 Å². The molecule has 0 saturated heterocycles. The molecular formula is C8H10MgO2. The maximum absolute atomic E-state index is 3.63. The van der Waals surface area contributed by atoms with E-state index in [1.165, 1.54) is 5.56 Å². The minimum Gasteiger partial charge on any atom is -0.870 e. The van der Waals surface area contributed by atoms with Gasteiger partial charge >= 0.3 is 23.1 Å². The Balaban J connectivity index is -0.000000213. The van der Waals surface area contributed by atoms with Crippen LogP contribution in [-0.2, 0) is 0 Å². The zero-order valence-corrected chi connectivity index (χ0v) is 7.69. The van der Waals surface area contributed by atoms with Crippen LogP contribution in [0.3, 0.4) is 0 Å². The van der Waals surface area contributed by atoms with E-state index in [9.17, 15) is 0 Å². The summed E-state index contributed by atoms with van der Waals surface area (Å²) >= 11 is 0. The summed E-state index contributed by atoms with van der Waals surface area (Å²) in [7, 11) is 0. The van der Waals surface area contributed by atoms with Gasteiger partial charge in [0.1, 0.15) is 0 Å². The van der Waals surface area contributed by atoms with E-state index in [1.54, 1.807) is 0 Å². The van der Waals surface area contributed by atoms with Gasteiger partial charge in [0.15, 0.2) is 0 Å². The molecule has 0 aromatic heterocycles. The molecule has 0 spiro atoms. The Bertz CT molecular complexity index is 175. The average Bonchev–Trinajstić information content (AvgIpc) is 1.90. The number of rotatable bonds is 1. The molecule has 1 aromatic rings. The van der Waals surface area contributed by atoms with Crippen molar-refractivity contribution in [2.75, 3.05) is 0 Å². The van der Waals surface area contributed by atoms with Crippen LogP contribution in [0.5, 0.6) is 0 Å². The van der Waals surface area contributed by atoms with Crippen LogP contribution in [0.2, 0.25) is 0 Å². The van der Waals surface area contributed by atoms with Gasteiger partial charge in [0.2, 0.25) is 0 Å². The monoisotopic (exact) mass is 162 g/mol. The Kier molecular flexibility index (Phi) is 14.9. The fraction of sp³-hybridized carbons (Fsp3) is 0. The van der Waals surface area contributed by atoms with Gasteiger partial charge in [-0.05, 0) is 5.56 Å². The molecule has 0 amide bonds. The Labute approximate surface area is 82.7 Å². The first kappa shape index (κ1) is 16.9. The third-order valence-corrected chi connectivity index (χ3v) is 1.04. The van der Waals surface area contributed by atoms with Crippen LogP contribution in [0.1, 0.15) is 5.56 Å². The molecule has 1 aromatic carbocycles. The molecule has 2 N–H and O–H groups in total. The maximum Gasteiger partial charge on any atom is 2.00 e. The van der Waals surface area contributed by atoms with Gasteiger partial charge in [-0.15, -0.1) is 0 Å². The third-order valence-electron chi connectivity index (χ3n) is 1.04. The summed E-state index contributed by atoms with van der Waals surface area (Å²) in [5.74, 6) is 0.